The van der Waals surface area contributed by atoms with Gasteiger partial charge in [-0.1, -0.05) is 18.2 Å². The van der Waals surface area contributed by atoms with Gasteiger partial charge in [0.2, 0.25) is 0 Å². The van der Waals surface area contributed by atoms with Gasteiger partial charge < -0.3 is 21.5 Å². The molecule has 0 aliphatic carbocycles. The average Bonchev–Trinajstić information content (AvgIpc) is 2.49. The summed E-state index contributed by atoms with van der Waals surface area (Å²) in [6.45, 7) is 0.611. The molecule has 1 aromatic heterocycles. The summed E-state index contributed by atoms with van der Waals surface area (Å²) < 4.78 is 5.29. The van der Waals surface area contributed by atoms with Crippen molar-refractivity contribution in [1.82, 2.24) is 4.98 Å². The van der Waals surface area contributed by atoms with Gasteiger partial charge in [0.25, 0.3) is 5.91 Å². The Morgan fingerprint density at radius 1 is 1.29 bits per heavy atom. The first-order valence-corrected chi connectivity index (χ1v) is 6.54. The van der Waals surface area contributed by atoms with Crippen molar-refractivity contribution >= 4 is 17.4 Å². The van der Waals surface area contributed by atoms with Crippen LogP contribution in [0.25, 0.3) is 0 Å². The number of ether oxygens (including phenoxy) is 1. The first-order chi connectivity index (χ1) is 10.1. The molecule has 0 aliphatic heterocycles. The summed E-state index contributed by atoms with van der Waals surface area (Å²) in [6.07, 6.45) is 0.742. The van der Waals surface area contributed by atoms with E-state index in [0.717, 1.165) is 17.7 Å². The van der Waals surface area contributed by atoms with Gasteiger partial charge in [-0.05, 0) is 30.2 Å². The number of nitrogens with zero attached hydrogens (tertiary/aromatic N) is 1. The quantitative estimate of drug-likeness (QED) is 0.745. The van der Waals surface area contributed by atoms with E-state index in [1.54, 1.807) is 13.2 Å². The third kappa shape index (κ3) is 3.62. The number of aromatic nitrogens is 1. The molecular formula is C15H18N4O2. The molecule has 2 aromatic rings. The minimum atomic E-state index is -0.581. The monoisotopic (exact) mass is 286 g/mol. The Balaban J connectivity index is 2.03. The zero-order valence-corrected chi connectivity index (χ0v) is 11.8. The molecule has 21 heavy (non-hydrogen) atoms. The standard InChI is InChI=1S/C15H18N4O2/c1-21-13-5-3-2-4-10(13)8-9-18-15-11(16)6-7-12(19-15)14(17)20/h2-7H,8-9,16H2,1H3,(H2,17,20)(H,18,19). The molecule has 2 rings (SSSR count). The number of nitrogen functional groups attached to an aromatic ring is 1. The molecule has 6 nitrogen and oxygen atoms in total. The molecule has 0 atom stereocenters. The second kappa shape index (κ2) is 6.60. The van der Waals surface area contributed by atoms with Crippen LogP contribution in [0.3, 0.4) is 0 Å². The number of hydrogen-bond acceptors (Lipinski definition) is 5. The van der Waals surface area contributed by atoms with Crippen molar-refractivity contribution in [2.24, 2.45) is 5.73 Å². The highest BCUT2D eigenvalue weighted by Gasteiger charge is 2.07. The fraction of sp³-hybridized carbons (Fsp3) is 0.200. The Kier molecular flexibility index (Phi) is 4.61. The summed E-state index contributed by atoms with van der Waals surface area (Å²) in [6, 6.07) is 10.9. The van der Waals surface area contributed by atoms with E-state index in [-0.39, 0.29) is 5.69 Å². The van der Waals surface area contributed by atoms with E-state index in [1.807, 2.05) is 24.3 Å². The topological polar surface area (TPSA) is 103 Å². The normalized spacial score (nSPS) is 10.1. The van der Waals surface area contributed by atoms with Gasteiger partial charge in [-0.3, -0.25) is 4.79 Å². The molecule has 1 amide bonds. The lowest BCUT2D eigenvalue weighted by atomic mass is 10.1. The Labute approximate surface area is 123 Å². The van der Waals surface area contributed by atoms with Crippen LogP contribution < -0.4 is 21.5 Å². The van der Waals surface area contributed by atoms with E-state index < -0.39 is 5.91 Å². The maximum atomic E-state index is 11.1. The highest BCUT2D eigenvalue weighted by Crippen LogP contribution is 2.19. The van der Waals surface area contributed by atoms with E-state index >= 15 is 0 Å². The van der Waals surface area contributed by atoms with E-state index in [1.165, 1.54) is 6.07 Å². The molecule has 0 fully saturated rings. The van der Waals surface area contributed by atoms with Crippen molar-refractivity contribution in [3.63, 3.8) is 0 Å². The van der Waals surface area contributed by atoms with Gasteiger partial charge in [0, 0.05) is 6.54 Å². The van der Waals surface area contributed by atoms with Crippen LogP contribution in [0.5, 0.6) is 5.75 Å². The maximum Gasteiger partial charge on any atom is 0.267 e. The zero-order valence-electron chi connectivity index (χ0n) is 11.8. The highest BCUT2D eigenvalue weighted by molar-refractivity contribution is 5.91. The molecule has 6 heteroatoms. The molecule has 5 N–H and O–H groups in total. The molecule has 0 spiro atoms. The number of anilines is 2. The number of nitrogens with two attached hydrogens (primary N) is 2. The Morgan fingerprint density at radius 2 is 2.05 bits per heavy atom. The molecule has 0 radical (unpaired) electrons. The Morgan fingerprint density at radius 3 is 2.76 bits per heavy atom. The largest absolute Gasteiger partial charge is 0.496 e. The molecule has 0 saturated carbocycles. The number of carbonyl (C=O) groups is 1. The zero-order chi connectivity index (χ0) is 15.2. The van der Waals surface area contributed by atoms with E-state index in [9.17, 15) is 4.79 Å². The van der Waals surface area contributed by atoms with Crippen molar-refractivity contribution < 1.29 is 9.53 Å². The number of benzene rings is 1. The minimum absolute atomic E-state index is 0.184. The molecule has 0 saturated heterocycles. The van der Waals surface area contributed by atoms with Crippen LogP contribution in [0.15, 0.2) is 36.4 Å². The van der Waals surface area contributed by atoms with Gasteiger partial charge in [0.05, 0.1) is 12.8 Å². The lowest BCUT2D eigenvalue weighted by Crippen LogP contribution is -2.16. The van der Waals surface area contributed by atoms with Crippen LogP contribution in [-0.4, -0.2) is 24.5 Å². The van der Waals surface area contributed by atoms with Gasteiger partial charge in [-0.2, -0.15) is 0 Å². The molecule has 0 unspecified atom stereocenters. The lowest BCUT2D eigenvalue weighted by Gasteiger charge is -2.11. The lowest BCUT2D eigenvalue weighted by molar-refractivity contribution is 0.0996. The van der Waals surface area contributed by atoms with Crippen LogP contribution in [0.2, 0.25) is 0 Å². The van der Waals surface area contributed by atoms with Crippen molar-refractivity contribution in [3.05, 3.63) is 47.7 Å². The highest BCUT2D eigenvalue weighted by atomic mass is 16.5. The van der Waals surface area contributed by atoms with Crippen molar-refractivity contribution in [2.45, 2.75) is 6.42 Å². The van der Waals surface area contributed by atoms with E-state index in [0.29, 0.717) is 18.1 Å². The summed E-state index contributed by atoms with van der Waals surface area (Å²) >= 11 is 0. The van der Waals surface area contributed by atoms with Gasteiger partial charge in [0.1, 0.15) is 17.3 Å². The average molecular weight is 286 g/mol. The number of primary amides is 1. The summed E-state index contributed by atoms with van der Waals surface area (Å²) in [5.41, 5.74) is 12.8. The third-order valence-electron chi connectivity index (χ3n) is 3.06. The van der Waals surface area contributed by atoms with E-state index in [2.05, 4.69) is 10.3 Å². The van der Waals surface area contributed by atoms with Gasteiger partial charge in [-0.25, -0.2) is 4.98 Å². The molecule has 0 bridgehead atoms. The number of carbonyl (C=O) groups excluding carboxylic acids is 1. The second-order valence-corrected chi connectivity index (χ2v) is 4.49. The first-order valence-electron chi connectivity index (χ1n) is 6.54. The number of amides is 1. The molecule has 1 aromatic carbocycles. The molecule has 1 heterocycles. The number of nitrogens with one attached hydrogen (secondary N) is 1. The minimum Gasteiger partial charge on any atom is -0.496 e. The number of rotatable bonds is 6. The van der Waals surface area contributed by atoms with Crippen molar-refractivity contribution in [2.75, 3.05) is 24.7 Å². The Hall–Kier alpha value is -2.76. The van der Waals surface area contributed by atoms with Crippen molar-refractivity contribution in [3.8, 4) is 5.75 Å². The fourth-order valence-corrected chi connectivity index (χ4v) is 1.97. The van der Waals surface area contributed by atoms with E-state index in [4.69, 9.17) is 16.2 Å². The van der Waals surface area contributed by atoms with Crippen LogP contribution in [-0.2, 0) is 6.42 Å². The number of methoxy groups -OCH3 is 1. The van der Waals surface area contributed by atoms with Crippen molar-refractivity contribution in [1.29, 1.82) is 0 Å². The number of para-hydroxylation sites is 1. The summed E-state index contributed by atoms with van der Waals surface area (Å²) in [5.74, 6) is 0.718. The fourth-order valence-electron chi connectivity index (χ4n) is 1.97. The van der Waals surface area contributed by atoms with Gasteiger partial charge in [0.15, 0.2) is 0 Å². The smallest absolute Gasteiger partial charge is 0.267 e. The molecule has 0 aliphatic rings. The van der Waals surface area contributed by atoms with Gasteiger partial charge >= 0.3 is 0 Å². The van der Waals surface area contributed by atoms with Crippen LogP contribution in [0, 0.1) is 0 Å². The number of hydrogen-bond donors (Lipinski definition) is 3. The third-order valence-corrected chi connectivity index (χ3v) is 3.06. The first kappa shape index (κ1) is 14.6. The van der Waals surface area contributed by atoms with Crippen LogP contribution in [0.1, 0.15) is 16.1 Å². The number of pyridine rings is 1. The summed E-state index contributed by atoms with van der Waals surface area (Å²) in [7, 11) is 1.64. The second-order valence-electron chi connectivity index (χ2n) is 4.49. The van der Waals surface area contributed by atoms with Crippen LogP contribution in [0.4, 0.5) is 11.5 Å². The Bertz CT molecular complexity index is 643. The SMILES string of the molecule is COc1ccccc1CCNc1nc(C(N)=O)ccc1N. The predicted molar refractivity (Wildman–Crippen MR) is 82.4 cm³/mol. The predicted octanol–water partition coefficient (Wildman–Crippen LogP) is 1.43. The van der Waals surface area contributed by atoms with Crippen LogP contribution >= 0.6 is 0 Å². The molecular weight excluding hydrogens is 268 g/mol. The molecule has 110 valence electrons. The van der Waals surface area contributed by atoms with Gasteiger partial charge in [-0.15, -0.1) is 0 Å². The summed E-state index contributed by atoms with van der Waals surface area (Å²) in [4.78, 5) is 15.2. The maximum absolute atomic E-state index is 11.1. The summed E-state index contributed by atoms with van der Waals surface area (Å²) in [5, 5.41) is 3.11.